The topological polar surface area (TPSA) is 62.7 Å². The van der Waals surface area contributed by atoms with Gasteiger partial charge in [0.25, 0.3) is 0 Å². The molecule has 0 aromatic carbocycles. The molecule has 1 heterocycles. The summed E-state index contributed by atoms with van der Waals surface area (Å²) in [5, 5.41) is 9.97. The van der Waals surface area contributed by atoms with Crippen molar-refractivity contribution in [3.05, 3.63) is 10.6 Å². The zero-order valence-corrected chi connectivity index (χ0v) is 12.6. The fourth-order valence-electron chi connectivity index (χ4n) is 2.50. The Morgan fingerprint density at radius 3 is 2.95 bits per heavy atom. The first-order valence-corrected chi connectivity index (χ1v) is 7.34. The molecule has 0 bridgehead atoms. The predicted molar refractivity (Wildman–Crippen MR) is 76.3 cm³/mol. The number of nitrogens with one attached hydrogen (secondary N) is 2. The summed E-state index contributed by atoms with van der Waals surface area (Å²) in [6, 6.07) is 0. The third kappa shape index (κ3) is 2.88. The fraction of sp³-hybridized carbons (Fsp3) is 0.769. The second-order valence-corrected chi connectivity index (χ2v) is 5.88. The number of hydrogen-bond acceptors (Lipinski definition) is 3. The Hall–Kier alpha value is -1.17. The van der Waals surface area contributed by atoms with Crippen LogP contribution in [0.1, 0.15) is 39.4 Å². The van der Waals surface area contributed by atoms with Crippen molar-refractivity contribution in [1.29, 1.82) is 0 Å². The number of aromatic nitrogens is 3. The largest absolute Gasteiger partial charge is 0.355 e. The van der Waals surface area contributed by atoms with Crippen molar-refractivity contribution < 1.29 is 4.79 Å². The van der Waals surface area contributed by atoms with Crippen LogP contribution in [0.3, 0.4) is 0 Å². The lowest BCUT2D eigenvalue weighted by Gasteiger charge is -2.08. The summed E-state index contributed by atoms with van der Waals surface area (Å²) in [5.41, 5.74) is 0.230. The molecular formula is C13H22N4OS. The van der Waals surface area contributed by atoms with Crippen LogP contribution in [0.4, 0.5) is 0 Å². The maximum absolute atomic E-state index is 12.0. The van der Waals surface area contributed by atoms with E-state index in [2.05, 4.69) is 29.4 Å². The molecule has 5 nitrogen and oxygen atoms in total. The van der Waals surface area contributed by atoms with Gasteiger partial charge in [-0.05, 0) is 37.4 Å². The Morgan fingerprint density at radius 1 is 1.63 bits per heavy atom. The third-order valence-corrected chi connectivity index (χ3v) is 4.59. The van der Waals surface area contributed by atoms with Crippen molar-refractivity contribution in [2.45, 2.75) is 46.6 Å². The zero-order chi connectivity index (χ0) is 14.0. The second-order valence-electron chi connectivity index (χ2n) is 5.49. The highest BCUT2D eigenvalue weighted by molar-refractivity contribution is 7.71. The summed E-state index contributed by atoms with van der Waals surface area (Å²) in [6.45, 7) is 7.78. The van der Waals surface area contributed by atoms with Gasteiger partial charge in [0.15, 0.2) is 4.77 Å². The molecule has 0 radical (unpaired) electrons. The molecule has 0 spiro atoms. The van der Waals surface area contributed by atoms with Gasteiger partial charge in [-0.3, -0.25) is 9.89 Å². The Labute approximate surface area is 118 Å². The molecule has 2 rings (SSSR count). The van der Waals surface area contributed by atoms with Gasteiger partial charge in [-0.25, -0.2) is 0 Å². The molecule has 2 N–H and O–H groups in total. The summed E-state index contributed by atoms with van der Waals surface area (Å²) < 4.78 is 2.60. The van der Waals surface area contributed by atoms with Crippen LogP contribution < -0.4 is 5.32 Å². The average Bonchev–Trinajstić information content (AvgIpc) is 2.96. The first-order chi connectivity index (χ1) is 9.01. The molecule has 1 aliphatic rings. The minimum absolute atomic E-state index is 0.182. The number of rotatable bonds is 6. The summed E-state index contributed by atoms with van der Waals surface area (Å²) in [4.78, 5) is 12.0. The molecule has 6 heteroatoms. The smallest absolute Gasteiger partial charge is 0.223 e. The van der Waals surface area contributed by atoms with Crippen molar-refractivity contribution in [3.63, 3.8) is 0 Å². The average molecular weight is 282 g/mol. The molecule has 2 atom stereocenters. The molecule has 1 fully saturated rings. The quantitative estimate of drug-likeness (QED) is 0.785. The second kappa shape index (κ2) is 5.45. The van der Waals surface area contributed by atoms with Gasteiger partial charge >= 0.3 is 0 Å². The van der Waals surface area contributed by atoms with E-state index in [1.54, 1.807) is 0 Å². The first kappa shape index (κ1) is 14.2. The van der Waals surface area contributed by atoms with E-state index in [0.29, 0.717) is 17.7 Å². The van der Waals surface area contributed by atoms with Crippen molar-refractivity contribution in [2.75, 3.05) is 6.54 Å². The molecule has 0 unspecified atom stereocenters. The van der Waals surface area contributed by atoms with E-state index in [9.17, 15) is 4.79 Å². The maximum atomic E-state index is 12.0. The number of H-pyrrole nitrogens is 1. The zero-order valence-electron chi connectivity index (χ0n) is 11.8. The first-order valence-electron chi connectivity index (χ1n) is 6.93. The number of amides is 1. The van der Waals surface area contributed by atoms with E-state index >= 15 is 0 Å². The van der Waals surface area contributed by atoms with Crippen LogP contribution in [-0.4, -0.2) is 27.2 Å². The van der Waals surface area contributed by atoms with E-state index in [-0.39, 0.29) is 17.2 Å². The molecule has 106 valence electrons. The Bertz CT molecular complexity index is 521. The standard InChI is InChI=1S/C13H22N4OS/c1-4-13(3)8-9(13)11(18)14-7-6-10-15-16-12(19)17(10)5-2/h9H,4-8H2,1-3H3,(H,14,18)(H,16,19)/t9-,13-/m0/s1. The molecular weight excluding hydrogens is 260 g/mol. The summed E-state index contributed by atoms with van der Waals surface area (Å²) in [6.07, 6.45) is 2.80. The van der Waals surface area contributed by atoms with Crippen molar-refractivity contribution in [3.8, 4) is 0 Å². The summed E-state index contributed by atoms with van der Waals surface area (Å²) in [7, 11) is 0. The van der Waals surface area contributed by atoms with E-state index < -0.39 is 0 Å². The summed E-state index contributed by atoms with van der Waals surface area (Å²) >= 11 is 5.13. The lowest BCUT2D eigenvalue weighted by molar-refractivity contribution is -0.123. The van der Waals surface area contributed by atoms with Gasteiger partial charge in [-0.1, -0.05) is 13.8 Å². The Morgan fingerprint density at radius 2 is 2.37 bits per heavy atom. The number of hydrogen-bond donors (Lipinski definition) is 2. The van der Waals surface area contributed by atoms with Gasteiger partial charge in [0.2, 0.25) is 5.91 Å². The van der Waals surface area contributed by atoms with Crippen molar-refractivity contribution in [2.24, 2.45) is 11.3 Å². The molecule has 1 aromatic heterocycles. The number of aromatic amines is 1. The number of nitrogens with zero attached hydrogens (tertiary/aromatic N) is 2. The van der Waals surface area contributed by atoms with Crippen LogP contribution in [0.25, 0.3) is 0 Å². The molecule has 1 aliphatic carbocycles. The van der Waals surface area contributed by atoms with E-state index in [1.807, 2.05) is 11.5 Å². The highest BCUT2D eigenvalue weighted by Gasteiger charge is 2.52. The van der Waals surface area contributed by atoms with Gasteiger partial charge in [0.05, 0.1) is 0 Å². The van der Waals surface area contributed by atoms with Crippen LogP contribution in [0.5, 0.6) is 0 Å². The molecule has 1 amide bonds. The molecule has 1 aromatic rings. The van der Waals surface area contributed by atoms with Crippen LogP contribution in [0.2, 0.25) is 0 Å². The van der Waals surface area contributed by atoms with E-state index in [0.717, 1.165) is 25.2 Å². The lowest BCUT2D eigenvalue weighted by atomic mass is 10.0. The van der Waals surface area contributed by atoms with Gasteiger partial charge < -0.3 is 9.88 Å². The van der Waals surface area contributed by atoms with Crippen molar-refractivity contribution in [1.82, 2.24) is 20.1 Å². The monoisotopic (exact) mass is 282 g/mol. The fourth-order valence-corrected chi connectivity index (χ4v) is 2.78. The molecule has 1 saturated carbocycles. The Kier molecular flexibility index (Phi) is 4.08. The maximum Gasteiger partial charge on any atom is 0.223 e. The molecule has 19 heavy (non-hydrogen) atoms. The SMILES string of the molecule is CCn1c(CCNC(=O)[C@@H]2C[C@]2(C)CC)n[nH]c1=S. The minimum Gasteiger partial charge on any atom is -0.355 e. The van der Waals surface area contributed by atoms with Gasteiger partial charge in [-0.2, -0.15) is 5.10 Å². The third-order valence-electron chi connectivity index (χ3n) is 4.28. The molecule has 0 saturated heterocycles. The highest BCUT2D eigenvalue weighted by Crippen LogP contribution is 2.54. The van der Waals surface area contributed by atoms with Crippen LogP contribution >= 0.6 is 12.2 Å². The summed E-state index contributed by atoms with van der Waals surface area (Å²) in [5.74, 6) is 1.29. The van der Waals surface area contributed by atoms with Gasteiger partial charge in [0.1, 0.15) is 5.82 Å². The number of carbonyl (C=O) groups is 1. The van der Waals surface area contributed by atoms with E-state index in [1.165, 1.54) is 0 Å². The highest BCUT2D eigenvalue weighted by atomic mass is 32.1. The van der Waals surface area contributed by atoms with Gasteiger partial charge in [-0.15, -0.1) is 0 Å². The van der Waals surface area contributed by atoms with Crippen LogP contribution in [0.15, 0.2) is 0 Å². The number of carbonyl (C=O) groups excluding carboxylic acids is 1. The normalized spacial score (nSPS) is 25.3. The van der Waals surface area contributed by atoms with Gasteiger partial charge in [0, 0.05) is 25.4 Å². The lowest BCUT2D eigenvalue weighted by Crippen LogP contribution is -2.29. The van der Waals surface area contributed by atoms with E-state index in [4.69, 9.17) is 12.2 Å². The molecule has 0 aliphatic heterocycles. The van der Waals surface area contributed by atoms with Crippen LogP contribution in [-0.2, 0) is 17.8 Å². The predicted octanol–water partition coefficient (Wildman–Crippen LogP) is 2.06. The minimum atomic E-state index is 0.182. The Balaban J connectivity index is 1.81. The van der Waals surface area contributed by atoms with Crippen LogP contribution in [0, 0.1) is 16.1 Å². The van der Waals surface area contributed by atoms with Crippen molar-refractivity contribution >= 4 is 18.1 Å².